The van der Waals surface area contributed by atoms with Crippen molar-refractivity contribution < 1.29 is 19.1 Å². The minimum absolute atomic E-state index is 0.0882. The molecule has 130 valence electrons. The van der Waals surface area contributed by atoms with Crippen molar-refractivity contribution in [1.82, 2.24) is 10.6 Å². The van der Waals surface area contributed by atoms with Gasteiger partial charge in [-0.3, -0.25) is 10.1 Å². The zero-order valence-corrected chi connectivity index (χ0v) is 14.5. The van der Waals surface area contributed by atoms with Crippen LogP contribution in [0.15, 0.2) is 18.2 Å². The molecule has 1 fully saturated rings. The van der Waals surface area contributed by atoms with Crippen LogP contribution in [-0.4, -0.2) is 30.6 Å². The average molecular weight is 373 g/mol. The predicted octanol–water partition coefficient (Wildman–Crippen LogP) is 3.31. The SMILES string of the molecule is O=C(COC(=O)c1ccc(Cl)c(Cl)c1)NC(=O)NC1CCCCC1. The third kappa shape index (κ3) is 5.69. The van der Waals surface area contributed by atoms with Crippen LogP contribution in [0.1, 0.15) is 42.5 Å². The summed E-state index contributed by atoms with van der Waals surface area (Å²) in [6.07, 6.45) is 5.13. The zero-order chi connectivity index (χ0) is 17.5. The molecule has 0 unspecified atom stereocenters. The van der Waals surface area contributed by atoms with Crippen molar-refractivity contribution in [1.29, 1.82) is 0 Å². The van der Waals surface area contributed by atoms with E-state index in [2.05, 4.69) is 10.6 Å². The first-order valence-corrected chi connectivity index (χ1v) is 8.44. The molecule has 2 rings (SSSR count). The van der Waals surface area contributed by atoms with E-state index in [1.165, 1.54) is 24.6 Å². The van der Waals surface area contributed by atoms with Gasteiger partial charge in [-0.15, -0.1) is 0 Å². The molecule has 1 aliphatic rings. The number of imide groups is 1. The number of hydrogen-bond donors (Lipinski definition) is 2. The van der Waals surface area contributed by atoms with E-state index in [4.69, 9.17) is 27.9 Å². The van der Waals surface area contributed by atoms with E-state index in [9.17, 15) is 14.4 Å². The maximum atomic E-state index is 11.8. The van der Waals surface area contributed by atoms with Crippen molar-refractivity contribution in [3.05, 3.63) is 33.8 Å². The average Bonchev–Trinajstić information content (AvgIpc) is 2.56. The van der Waals surface area contributed by atoms with Crippen LogP contribution in [0.3, 0.4) is 0 Å². The summed E-state index contributed by atoms with van der Waals surface area (Å²) in [6, 6.07) is 3.75. The van der Waals surface area contributed by atoms with Crippen molar-refractivity contribution >= 4 is 41.1 Å². The number of rotatable bonds is 4. The summed E-state index contributed by atoms with van der Waals surface area (Å²) in [7, 11) is 0. The van der Waals surface area contributed by atoms with Gasteiger partial charge in [-0.05, 0) is 31.0 Å². The highest BCUT2D eigenvalue weighted by Crippen LogP contribution is 2.22. The van der Waals surface area contributed by atoms with Gasteiger partial charge >= 0.3 is 12.0 Å². The second-order valence-electron chi connectivity index (χ2n) is 5.56. The van der Waals surface area contributed by atoms with E-state index >= 15 is 0 Å². The molecule has 24 heavy (non-hydrogen) atoms. The molecule has 0 heterocycles. The van der Waals surface area contributed by atoms with Gasteiger partial charge in [0.1, 0.15) is 0 Å². The Labute approximate surface area is 149 Å². The van der Waals surface area contributed by atoms with E-state index in [1.54, 1.807) is 0 Å². The molecule has 1 aliphatic carbocycles. The molecule has 0 radical (unpaired) electrons. The summed E-state index contributed by atoms with van der Waals surface area (Å²) >= 11 is 11.6. The van der Waals surface area contributed by atoms with Gasteiger partial charge in [0, 0.05) is 6.04 Å². The lowest BCUT2D eigenvalue weighted by Crippen LogP contribution is -2.46. The third-order valence-electron chi connectivity index (χ3n) is 3.68. The van der Waals surface area contributed by atoms with E-state index in [-0.39, 0.29) is 16.6 Å². The van der Waals surface area contributed by atoms with Crippen LogP contribution >= 0.6 is 23.2 Å². The largest absolute Gasteiger partial charge is 0.452 e. The molecule has 0 aromatic heterocycles. The number of carbonyl (C=O) groups excluding carboxylic acids is 3. The van der Waals surface area contributed by atoms with Gasteiger partial charge in [0.15, 0.2) is 6.61 Å². The van der Waals surface area contributed by atoms with E-state index in [1.807, 2.05) is 0 Å². The maximum Gasteiger partial charge on any atom is 0.338 e. The van der Waals surface area contributed by atoms with Crippen LogP contribution in [0.25, 0.3) is 0 Å². The van der Waals surface area contributed by atoms with Crippen molar-refractivity contribution in [2.45, 2.75) is 38.1 Å². The van der Waals surface area contributed by atoms with Gasteiger partial charge in [0.25, 0.3) is 5.91 Å². The molecule has 1 aromatic carbocycles. The lowest BCUT2D eigenvalue weighted by molar-refractivity contribution is -0.123. The summed E-state index contributed by atoms with van der Waals surface area (Å²) in [5.74, 6) is -1.42. The summed E-state index contributed by atoms with van der Waals surface area (Å²) in [4.78, 5) is 35.2. The second kappa shape index (κ2) is 8.89. The van der Waals surface area contributed by atoms with Gasteiger partial charge in [-0.2, -0.15) is 0 Å². The van der Waals surface area contributed by atoms with E-state index in [0.29, 0.717) is 5.02 Å². The Morgan fingerprint density at radius 3 is 2.46 bits per heavy atom. The lowest BCUT2D eigenvalue weighted by Gasteiger charge is -2.22. The Hall–Kier alpha value is -1.79. The van der Waals surface area contributed by atoms with Crippen LogP contribution < -0.4 is 10.6 Å². The van der Waals surface area contributed by atoms with Crippen LogP contribution in [0, 0.1) is 0 Å². The molecule has 0 aliphatic heterocycles. The van der Waals surface area contributed by atoms with E-state index < -0.39 is 24.5 Å². The fourth-order valence-corrected chi connectivity index (χ4v) is 2.77. The quantitative estimate of drug-likeness (QED) is 0.793. The molecular weight excluding hydrogens is 355 g/mol. The smallest absolute Gasteiger partial charge is 0.338 e. The van der Waals surface area contributed by atoms with Crippen molar-refractivity contribution in [3.63, 3.8) is 0 Å². The summed E-state index contributed by atoms with van der Waals surface area (Å²) in [5.41, 5.74) is 0.170. The zero-order valence-electron chi connectivity index (χ0n) is 12.9. The molecule has 0 atom stereocenters. The Bertz CT molecular complexity index is 631. The molecule has 1 aromatic rings. The Morgan fingerprint density at radius 2 is 1.79 bits per heavy atom. The van der Waals surface area contributed by atoms with Gasteiger partial charge in [-0.1, -0.05) is 42.5 Å². The number of benzene rings is 1. The molecule has 2 N–H and O–H groups in total. The lowest BCUT2D eigenvalue weighted by atomic mass is 9.96. The van der Waals surface area contributed by atoms with Crippen LogP contribution in [0.4, 0.5) is 4.79 Å². The van der Waals surface area contributed by atoms with Gasteiger partial charge in [0.2, 0.25) is 0 Å². The highest BCUT2D eigenvalue weighted by molar-refractivity contribution is 6.42. The fourth-order valence-electron chi connectivity index (χ4n) is 2.47. The fraction of sp³-hybridized carbons (Fsp3) is 0.438. The van der Waals surface area contributed by atoms with Crippen LogP contribution in [-0.2, 0) is 9.53 Å². The minimum Gasteiger partial charge on any atom is -0.452 e. The Morgan fingerprint density at radius 1 is 1.08 bits per heavy atom. The van der Waals surface area contributed by atoms with Gasteiger partial charge in [-0.25, -0.2) is 9.59 Å². The molecule has 8 heteroatoms. The van der Waals surface area contributed by atoms with Crippen LogP contribution in [0.2, 0.25) is 10.0 Å². The summed E-state index contributed by atoms with van der Waals surface area (Å²) in [6.45, 7) is -0.558. The molecule has 0 saturated heterocycles. The number of nitrogens with one attached hydrogen (secondary N) is 2. The number of ether oxygens (including phenoxy) is 1. The van der Waals surface area contributed by atoms with Crippen molar-refractivity contribution in [3.8, 4) is 0 Å². The molecule has 6 nitrogen and oxygen atoms in total. The number of carbonyl (C=O) groups is 3. The Kier molecular flexibility index (Phi) is 6.87. The van der Waals surface area contributed by atoms with Gasteiger partial charge < -0.3 is 10.1 Å². The summed E-state index contributed by atoms with van der Waals surface area (Å²) in [5, 5.41) is 5.40. The first-order valence-electron chi connectivity index (χ1n) is 7.68. The monoisotopic (exact) mass is 372 g/mol. The number of esters is 1. The summed E-state index contributed by atoms with van der Waals surface area (Å²) < 4.78 is 4.84. The number of hydrogen-bond acceptors (Lipinski definition) is 4. The van der Waals surface area contributed by atoms with Crippen molar-refractivity contribution in [2.24, 2.45) is 0 Å². The maximum absolute atomic E-state index is 11.8. The predicted molar refractivity (Wildman–Crippen MR) is 90.3 cm³/mol. The van der Waals surface area contributed by atoms with E-state index in [0.717, 1.165) is 25.7 Å². The highest BCUT2D eigenvalue weighted by Gasteiger charge is 2.18. The topological polar surface area (TPSA) is 84.5 Å². The molecule has 0 spiro atoms. The molecule has 1 saturated carbocycles. The third-order valence-corrected chi connectivity index (χ3v) is 4.42. The molecule has 3 amide bonds. The Balaban J connectivity index is 1.74. The first-order chi connectivity index (χ1) is 11.5. The minimum atomic E-state index is -0.726. The molecule has 0 bridgehead atoms. The van der Waals surface area contributed by atoms with Crippen LogP contribution in [0.5, 0.6) is 0 Å². The highest BCUT2D eigenvalue weighted by atomic mass is 35.5. The first kappa shape index (κ1) is 18.5. The normalized spacial score (nSPS) is 14.8. The van der Waals surface area contributed by atoms with Crippen molar-refractivity contribution in [2.75, 3.05) is 6.61 Å². The number of halogens is 2. The molecular formula is C16H18Cl2N2O4. The second-order valence-corrected chi connectivity index (χ2v) is 6.38. The standard InChI is InChI=1S/C16H18Cl2N2O4/c17-12-7-6-10(8-13(12)18)15(22)24-9-14(21)20-16(23)19-11-4-2-1-3-5-11/h6-8,11H,1-5,9H2,(H2,19,20,21,23). The number of amides is 3. The number of urea groups is 1. The van der Waals surface area contributed by atoms with Gasteiger partial charge in [0.05, 0.1) is 15.6 Å².